The Kier molecular flexibility index (Phi) is 4.11. The Labute approximate surface area is 85.1 Å². The van der Waals surface area contributed by atoms with Gasteiger partial charge in [0.25, 0.3) is 0 Å². The van der Waals surface area contributed by atoms with Crippen LogP contribution in [0.1, 0.15) is 19.5 Å². The lowest BCUT2D eigenvalue weighted by atomic mass is 10.2. The normalized spacial score (nSPS) is 12.1. The van der Waals surface area contributed by atoms with Crippen molar-refractivity contribution in [2.24, 2.45) is 16.6 Å². The number of pyridine rings is 1. The first-order chi connectivity index (χ1) is 6.70. The summed E-state index contributed by atoms with van der Waals surface area (Å²) in [6, 6.07) is 5.90. The maximum atomic E-state index is 5.71. The summed E-state index contributed by atoms with van der Waals surface area (Å²) in [5, 5.41) is 0. The molecule has 1 aromatic heterocycles. The minimum atomic E-state index is 0.332. The molecule has 0 spiro atoms. The third kappa shape index (κ3) is 3.56. The monoisotopic (exact) mass is 191 g/mol. The van der Waals surface area contributed by atoms with Gasteiger partial charge in [0.2, 0.25) is 0 Å². The number of rotatable bonds is 4. The van der Waals surface area contributed by atoms with Gasteiger partial charge in [0.1, 0.15) is 0 Å². The van der Waals surface area contributed by atoms with Crippen molar-refractivity contribution >= 4 is 5.84 Å². The molecule has 0 saturated heterocycles. The van der Waals surface area contributed by atoms with Gasteiger partial charge in [-0.1, -0.05) is 19.9 Å². The largest absolute Gasteiger partial charge is 0.387 e. The van der Waals surface area contributed by atoms with Crippen LogP contribution in [0.2, 0.25) is 0 Å². The minimum absolute atomic E-state index is 0.332. The van der Waals surface area contributed by atoms with E-state index in [0.717, 1.165) is 24.5 Å². The first-order valence-electron chi connectivity index (χ1n) is 4.90. The zero-order valence-corrected chi connectivity index (χ0v) is 8.77. The highest BCUT2D eigenvalue weighted by molar-refractivity contribution is 5.82. The van der Waals surface area contributed by atoms with Gasteiger partial charge >= 0.3 is 0 Å². The fraction of sp³-hybridized carbons (Fsp3) is 0.455. The number of nitrogens with two attached hydrogens (primary N) is 1. The molecule has 1 aromatic rings. The third-order valence-corrected chi connectivity index (χ3v) is 1.98. The molecule has 2 N–H and O–H groups in total. The van der Waals surface area contributed by atoms with Crippen LogP contribution in [0.15, 0.2) is 29.4 Å². The summed E-state index contributed by atoms with van der Waals surface area (Å²) in [6.07, 6.45) is 2.65. The number of hydrogen-bond acceptors (Lipinski definition) is 2. The average molecular weight is 191 g/mol. The second kappa shape index (κ2) is 5.37. The number of nitrogens with zero attached hydrogens (tertiary/aromatic N) is 2. The van der Waals surface area contributed by atoms with E-state index in [2.05, 4.69) is 9.98 Å². The molecule has 0 aliphatic carbocycles. The predicted molar refractivity (Wildman–Crippen MR) is 59.3 cm³/mol. The Morgan fingerprint density at radius 2 is 2.29 bits per heavy atom. The van der Waals surface area contributed by atoms with Gasteiger partial charge in [0, 0.05) is 30.8 Å². The van der Waals surface area contributed by atoms with Gasteiger partial charge in [0.05, 0.1) is 5.84 Å². The van der Waals surface area contributed by atoms with Crippen molar-refractivity contribution in [2.75, 3.05) is 6.54 Å². The quantitative estimate of drug-likeness (QED) is 0.581. The molecule has 0 amide bonds. The van der Waals surface area contributed by atoms with Crippen molar-refractivity contribution in [3.05, 3.63) is 30.1 Å². The zero-order valence-electron chi connectivity index (χ0n) is 8.77. The Morgan fingerprint density at radius 1 is 1.50 bits per heavy atom. The van der Waals surface area contributed by atoms with Crippen LogP contribution in [0, 0.1) is 5.92 Å². The highest BCUT2D eigenvalue weighted by Gasteiger charge is 1.98. The summed E-state index contributed by atoms with van der Waals surface area (Å²) in [6.45, 7) is 4.81. The van der Waals surface area contributed by atoms with Crippen molar-refractivity contribution in [3.63, 3.8) is 0 Å². The van der Waals surface area contributed by atoms with Gasteiger partial charge in [0.15, 0.2) is 0 Å². The van der Waals surface area contributed by atoms with Crippen molar-refractivity contribution in [2.45, 2.75) is 20.3 Å². The molecule has 0 saturated carbocycles. The van der Waals surface area contributed by atoms with Gasteiger partial charge in [-0.05, 0) is 12.1 Å². The lowest BCUT2D eigenvalue weighted by Gasteiger charge is -2.03. The first kappa shape index (κ1) is 10.7. The van der Waals surface area contributed by atoms with E-state index in [0.29, 0.717) is 5.92 Å². The molecule has 0 atom stereocenters. The average Bonchev–Trinajstić information content (AvgIpc) is 2.19. The van der Waals surface area contributed by atoms with Crippen LogP contribution < -0.4 is 5.73 Å². The highest BCUT2D eigenvalue weighted by Crippen LogP contribution is 1.96. The molecular weight excluding hydrogens is 174 g/mol. The van der Waals surface area contributed by atoms with Crippen LogP contribution in [0.25, 0.3) is 0 Å². The Morgan fingerprint density at radius 3 is 2.86 bits per heavy atom. The van der Waals surface area contributed by atoms with Gasteiger partial charge in [-0.15, -0.1) is 0 Å². The second-order valence-corrected chi connectivity index (χ2v) is 3.53. The van der Waals surface area contributed by atoms with E-state index in [1.54, 1.807) is 6.20 Å². The first-order valence-corrected chi connectivity index (χ1v) is 4.90. The molecular formula is C11H17N3. The van der Waals surface area contributed by atoms with Crippen molar-refractivity contribution in [1.29, 1.82) is 0 Å². The SMILES string of the molecule is CC(C)C(N)=NCCc1ccccn1. The van der Waals surface area contributed by atoms with Crippen LogP contribution >= 0.6 is 0 Å². The zero-order chi connectivity index (χ0) is 10.4. The maximum absolute atomic E-state index is 5.71. The van der Waals surface area contributed by atoms with Gasteiger partial charge in [-0.2, -0.15) is 0 Å². The van der Waals surface area contributed by atoms with Crippen molar-refractivity contribution < 1.29 is 0 Å². The van der Waals surface area contributed by atoms with E-state index in [-0.39, 0.29) is 0 Å². The summed E-state index contributed by atoms with van der Waals surface area (Å²) in [5.74, 6) is 1.06. The van der Waals surface area contributed by atoms with Crippen LogP contribution in [0.3, 0.4) is 0 Å². The molecule has 3 nitrogen and oxygen atoms in total. The van der Waals surface area contributed by atoms with E-state index >= 15 is 0 Å². The number of amidine groups is 1. The predicted octanol–water partition coefficient (Wildman–Crippen LogP) is 1.64. The van der Waals surface area contributed by atoms with Crippen LogP contribution in [-0.2, 0) is 6.42 Å². The Balaban J connectivity index is 2.39. The van der Waals surface area contributed by atoms with Gasteiger partial charge in [-0.25, -0.2) is 0 Å². The summed E-state index contributed by atoms with van der Waals surface area (Å²) >= 11 is 0. The smallest absolute Gasteiger partial charge is 0.0962 e. The molecule has 0 fully saturated rings. The van der Waals surface area contributed by atoms with Crippen LogP contribution in [0.4, 0.5) is 0 Å². The molecule has 0 aliphatic heterocycles. The summed E-state index contributed by atoms with van der Waals surface area (Å²) in [7, 11) is 0. The summed E-state index contributed by atoms with van der Waals surface area (Å²) < 4.78 is 0. The molecule has 14 heavy (non-hydrogen) atoms. The fourth-order valence-corrected chi connectivity index (χ4v) is 1.03. The highest BCUT2D eigenvalue weighted by atomic mass is 14.9. The van der Waals surface area contributed by atoms with Gasteiger partial charge < -0.3 is 5.73 Å². The molecule has 0 unspecified atom stereocenters. The molecule has 0 bridgehead atoms. The summed E-state index contributed by atoms with van der Waals surface area (Å²) in [5.41, 5.74) is 6.77. The topological polar surface area (TPSA) is 51.3 Å². The van der Waals surface area contributed by atoms with E-state index in [1.807, 2.05) is 32.0 Å². The lowest BCUT2D eigenvalue weighted by molar-refractivity contribution is 0.842. The molecule has 0 aliphatic rings. The molecule has 0 aromatic carbocycles. The van der Waals surface area contributed by atoms with E-state index in [4.69, 9.17) is 5.73 Å². The Hall–Kier alpha value is -1.38. The molecule has 0 radical (unpaired) electrons. The number of aliphatic imine (C=N–C) groups is 1. The standard InChI is InChI=1S/C11H17N3/c1-9(2)11(12)14-8-6-10-5-3-4-7-13-10/h3-5,7,9H,6,8H2,1-2H3,(H2,12,14). The molecule has 1 heterocycles. The maximum Gasteiger partial charge on any atom is 0.0962 e. The minimum Gasteiger partial charge on any atom is -0.387 e. The fourth-order valence-electron chi connectivity index (χ4n) is 1.03. The molecule has 3 heteroatoms. The van der Waals surface area contributed by atoms with Crippen molar-refractivity contribution in [3.8, 4) is 0 Å². The third-order valence-electron chi connectivity index (χ3n) is 1.98. The van der Waals surface area contributed by atoms with E-state index in [1.165, 1.54) is 0 Å². The Bertz CT molecular complexity index is 291. The van der Waals surface area contributed by atoms with Crippen LogP contribution in [-0.4, -0.2) is 17.4 Å². The van der Waals surface area contributed by atoms with Crippen LogP contribution in [0.5, 0.6) is 0 Å². The number of aromatic nitrogens is 1. The lowest BCUT2D eigenvalue weighted by Crippen LogP contribution is -2.19. The molecule has 76 valence electrons. The molecule has 1 rings (SSSR count). The van der Waals surface area contributed by atoms with E-state index in [9.17, 15) is 0 Å². The second-order valence-electron chi connectivity index (χ2n) is 3.53. The van der Waals surface area contributed by atoms with Gasteiger partial charge in [-0.3, -0.25) is 9.98 Å². The summed E-state index contributed by atoms with van der Waals surface area (Å²) in [4.78, 5) is 8.48. The number of hydrogen-bond donors (Lipinski definition) is 1. The van der Waals surface area contributed by atoms with E-state index < -0.39 is 0 Å². The van der Waals surface area contributed by atoms with Crippen molar-refractivity contribution in [1.82, 2.24) is 4.98 Å².